The summed E-state index contributed by atoms with van der Waals surface area (Å²) in [6.45, 7) is 2.02. The number of hydrogen-bond donors (Lipinski definition) is 0. The van der Waals surface area contributed by atoms with Crippen LogP contribution < -0.4 is 0 Å². The fourth-order valence-electron chi connectivity index (χ4n) is 1.03. The van der Waals surface area contributed by atoms with Crippen molar-refractivity contribution in [3.05, 3.63) is 27.7 Å². The highest BCUT2D eigenvalue weighted by atomic mass is 127. The van der Waals surface area contributed by atoms with Crippen LogP contribution in [0, 0.1) is 10.6 Å². The Morgan fingerprint density at radius 1 is 1.55 bits per heavy atom. The van der Waals surface area contributed by atoms with Gasteiger partial charge in [-0.05, 0) is 35.6 Å². The van der Waals surface area contributed by atoms with Crippen molar-refractivity contribution in [3.8, 4) is 0 Å². The number of rotatable bonds is 0. The Bertz CT molecular complexity index is 393. The number of aryl methyl sites for hydroxylation is 1. The molecule has 0 fully saturated rings. The van der Waals surface area contributed by atoms with Gasteiger partial charge in [0.1, 0.15) is 3.70 Å². The predicted octanol–water partition coefficient (Wildman–Crippen LogP) is 1.64. The summed E-state index contributed by atoms with van der Waals surface area (Å²) in [5.41, 5.74) is 2.03. The van der Waals surface area contributed by atoms with E-state index in [4.69, 9.17) is 0 Å². The first kappa shape index (κ1) is 7.02. The summed E-state index contributed by atoms with van der Waals surface area (Å²) in [6, 6.07) is 3.90. The fourth-order valence-corrected chi connectivity index (χ4v) is 1.73. The van der Waals surface area contributed by atoms with Gasteiger partial charge < -0.3 is 0 Å². The van der Waals surface area contributed by atoms with Crippen LogP contribution in [0.15, 0.2) is 18.3 Å². The van der Waals surface area contributed by atoms with Crippen molar-refractivity contribution in [3.63, 3.8) is 0 Å². The zero-order valence-electron chi connectivity index (χ0n) is 5.95. The van der Waals surface area contributed by atoms with E-state index in [2.05, 4.69) is 32.7 Å². The third-order valence-corrected chi connectivity index (χ3v) is 2.06. The molecule has 0 N–H and O–H groups in total. The van der Waals surface area contributed by atoms with Gasteiger partial charge >= 0.3 is 0 Å². The van der Waals surface area contributed by atoms with Gasteiger partial charge in [-0.3, -0.25) is 0 Å². The number of aromatic nitrogens is 3. The van der Waals surface area contributed by atoms with Crippen LogP contribution in [0.1, 0.15) is 5.69 Å². The van der Waals surface area contributed by atoms with Crippen LogP contribution in [0.25, 0.3) is 5.65 Å². The highest BCUT2D eigenvalue weighted by Crippen LogP contribution is 2.07. The standard InChI is InChI=1S/C7H6IN3/c1-5-4-6(8)10-7-2-3-9-11(5)7/h2-4H,1H3. The molecule has 2 rings (SSSR count). The van der Waals surface area contributed by atoms with Crippen molar-refractivity contribution in [2.75, 3.05) is 0 Å². The van der Waals surface area contributed by atoms with Crippen molar-refractivity contribution >= 4 is 28.2 Å². The molecule has 0 radical (unpaired) electrons. The molecular formula is C7H6IN3. The second kappa shape index (κ2) is 2.44. The molecule has 0 atom stereocenters. The van der Waals surface area contributed by atoms with Crippen LogP contribution in [-0.2, 0) is 0 Å². The lowest BCUT2D eigenvalue weighted by Crippen LogP contribution is -1.96. The maximum absolute atomic E-state index is 4.28. The van der Waals surface area contributed by atoms with E-state index in [1.165, 1.54) is 0 Å². The maximum atomic E-state index is 4.28. The van der Waals surface area contributed by atoms with E-state index in [9.17, 15) is 0 Å². The summed E-state index contributed by atoms with van der Waals surface area (Å²) >= 11 is 2.20. The van der Waals surface area contributed by atoms with Crippen LogP contribution >= 0.6 is 22.6 Å². The van der Waals surface area contributed by atoms with Crippen LogP contribution in [0.4, 0.5) is 0 Å². The SMILES string of the molecule is Cc1cc(I)nc2ccnn12. The molecule has 11 heavy (non-hydrogen) atoms. The highest BCUT2D eigenvalue weighted by Gasteiger charge is 1.98. The largest absolute Gasteiger partial charge is 0.223 e. The highest BCUT2D eigenvalue weighted by molar-refractivity contribution is 14.1. The molecule has 0 aliphatic heterocycles. The van der Waals surface area contributed by atoms with E-state index in [-0.39, 0.29) is 0 Å². The van der Waals surface area contributed by atoms with Gasteiger partial charge in [0.2, 0.25) is 0 Å². The minimum Gasteiger partial charge on any atom is -0.223 e. The Hall–Kier alpha value is -0.650. The Labute approximate surface area is 77.6 Å². The predicted molar refractivity (Wildman–Crippen MR) is 50.4 cm³/mol. The Balaban J connectivity index is 2.91. The summed E-state index contributed by atoms with van der Waals surface area (Å²) in [7, 11) is 0. The third-order valence-electron chi connectivity index (χ3n) is 1.51. The van der Waals surface area contributed by atoms with E-state index < -0.39 is 0 Å². The lowest BCUT2D eigenvalue weighted by Gasteiger charge is -1.97. The molecular weight excluding hydrogens is 253 g/mol. The number of halogens is 1. The first-order valence-electron chi connectivity index (χ1n) is 3.24. The quantitative estimate of drug-likeness (QED) is 0.531. The van der Waals surface area contributed by atoms with Gasteiger partial charge in [0.05, 0.1) is 6.20 Å². The van der Waals surface area contributed by atoms with Crippen LogP contribution in [0.3, 0.4) is 0 Å². The van der Waals surface area contributed by atoms with E-state index in [0.29, 0.717) is 0 Å². The van der Waals surface area contributed by atoms with E-state index in [1.54, 1.807) is 6.20 Å². The Kier molecular flexibility index (Phi) is 1.56. The number of fused-ring (bicyclic) bond motifs is 1. The molecule has 2 aromatic heterocycles. The number of hydrogen-bond acceptors (Lipinski definition) is 2. The van der Waals surface area contributed by atoms with Gasteiger partial charge in [-0.2, -0.15) is 5.10 Å². The maximum Gasteiger partial charge on any atom is 0.156 e. The van der Waals surface area contributed by atoms with Gasteiger partial charge in [-0.1, -0.05) is 0 Å². The minimum absolute atomic E-state index is 0.911. The zero-order valence-corrected chi connectivity index (χ0v) is 8.11. The van der Waals surface area contributed by atoms with Gasteiger partial charge in [-0.25, -0.2) is 9.50 Å². The summed E-state index contributed by atoms with van der Waals surface area (Å²) in [5.74, 6) is 0. The van der Waals surface area contributed by atoms with Crippen molar-refractivity contribution in [1.29, 1.82) is 0 Å². The first-order chi connectivity index (χ1) is 5.27. The second-order valence-corrected chi connectivity index (χ2v) is 3.43. The van der Waals surface area contributed by atoms with Gasteiger partial charge in [0.15, 0.2) is 5.65 Å². The van der Waals surface area contributed by atoms with Crippen molar-refractivity contribution < 1.29 is 0 Å². The summed E-state index contributed by atoms with van der Waals surface area (Å²) in [6.07, 6.45) is 1.76. The Morgan fingerprint density at radius 2 is 2.36 bits per heavy atom. The van der Waals surface area contributed by atoms with Crippen LogP contribution in [-0.4, -0.2) is 14.6 Å². The first-order valence-corrected chi connectivity index (χ1v) is 4.32. The minimum atomic E-state index is 0.911. The molecule has 3 nitrogen and oxygen atoms in total. The normalized spacial score (nSPS) is 10.7. The van der Waals surface area contributed by atoms with Crippen molar-refractivity contribution in [2.45, 2.75) is 6.92 Å². The smallest absolute Gasteiger partial charge is 0.156 e. The van der Waals surface area contributed by atoms with E-state index >= 15 is 0 Å². The number of nitrogens with zero attached hydrogens (tertiary/aromatic N) is 3. The third kappa shape index (κ3) is 1.11. The topological polar surface area (TPSA) is 30.2 Å². The molecule has 0 aromatic carbocycles. The zero-order chi connectivity index (χ0) is 7.84. The molecule has 56 valence electrons. The summed E-state index contributed by atoms with van der Waals surface area (Å²) in [4.78, 5) is 4.28. The molecule has 0 amide bonds. The second-order valence-electron chi connectivity index (χ2n) is 2.32. The molecule has 0 aliphatic rings. The van der Waals surface area contributed by atoms with E-state index in [1.807, 2.05) is 23.6 Å². The van der Waals surface area contributed by atoms with Crippen molar-refractivity contribution in [2.24, 2.45) is 0 Å². The molecule has 0 aliphatic carbocycles. The molecule has 4 heteroatoms. The molecule has 0 unspecified atom stereocenters. The van der Waals surface area contributed by atoms with Gasteiger partial charge in [0.25, 0.3) is 0 Å². The Morgan fingerprint density at radius 3 is 3.18 bits per heavy atom. The lowest BCUT2D eigenvalue weighted by molar-refractivity contribution is 0.889. The molecule has 0 saturated heterocycles. The van der Waals surface area contributed by atoms with Crippen molar-refractivity contribution in [1.82, 2.24) is 14.6 Å². The molecule has 0 spiro atoms. The van der Waals surface area contributed by atoms with Gasteiger partial charge in [0, 0.05) is 11.8 Å². The monoisotopic (exact) mass is 259 g/mol. The fraction of sp³-hybridized carbons (Fsp3) is 0.143. The van der Waals surface area contributed by atoms with Crippen LogP contribution in [0.2, 0.25) is 0 Å². The van der Waals surface area contributed by atoms with E-state index in [0.717, 1.165) is 15.0 Å². The van der Waals surface area contributed by atoms with Crippen LogP contribution in [0.5, 0.6) is 0 Å². The summed E-state index contributed by atoms with van der Waals surface area (Å²) in [5, 5.41) is 4.11. The molecule has 0 bridgehead atoms. The lowest BCUT2D eigenvalue weighted by atomic mass is 10.4. The molecule has 2 heterocycles. The molecule has 0 saturated carbocycles. The summed E-state index contributed by atoms with van der Waals surface area (Å²) < 4.78 is 2.83. The average Bonchev–Trinajstić information content (AvgIpc) is 2.34. The average molecular weight is 259 g/mol. The van der Waals surface area contributed by atoms with Gasteiger partial charge in [-0.15, -0.1) is 0 Å². The molecule has 2 aromatic rings.